The van der Waals surface area contributed by atoms with Crippen LogP contribution in [0.1, 0.15) is 47.8 Å². The predicted octanol–water partition coefficient (Wildman–Crippen LogP) is 2.42. The van der Waals surface area contributed by atoms with E-state index in [2.05, 4.69) is 4.98 Å². The van der Waals surface area contributed by atoms with Crippen molar-refractivity contribution in [1.29, 1.82) is 0 Å². The molecule has 9 nitrogen and oxygen atoms in total. The number of hydrogen-bond acceptors (Lipinski definition) is 6. The Hall–Kier alpha value is -3.82. The van der Waals surface area contributed by atoms with Crippen molar-refractivity contribution in [3.63, 3.8) is 0 Å². The molecule has 2 heterocycles. The largest absolute Gasteiger partial charge is 0.476 e. The highest BCUT2D eigenvalue weighted by Gasteiger charge is 2.28. The van der Waals surface area contributed by atoms with Crippen LogP contribution in [-0.4, -0.2) is 65.0 Å². The number of halogens is 1. The number of carboxylic acid groups (broad SMARTS) is 1. The third-order valence-electron chi connectivity index (χ3n) is 5.41. The van der Waals surface area contributed by atoms with Gasteiger partial charge in [-0.05, 0) is 49.1 Å². The summed E-state index contributed by atoms with van der Waals surface area (Å²) in [6.07, 6.45) is 2.26. The van der Waals surface area contributed by atoms with Crippen LogP contribution in [0.4, 0.5) is 10.1 Å². The third kappa shape index (κ3) is 6.37. The van der Waals surface area contributed by atoms with Crippen molar-refractivity contribution in [1.82, 2.24) is 9.88 Å². The second-order valence-corrected chi connectivity index (χ2v) is 7.83. The highest BCUT2D eigenvalue weighted by molar-refractivity contribution is 6.06. The fourth-order valence-corrected chi connectivity index (χ4v) is 3.77. The second kappa shape index (κ2) is 11.4. The standard InChI is InChI=1S/C24H26FN3O6/c1-2-34-22(31)14-21(30)28(11-10-27-9-3-4-20(27)29)19-13-17(15-26-23(19)24(32)33)12-16-5-7-18(25)8-6-16/h5-8,13,15H,2-4,9-12,14H2,1H3,(H,32,33). The second-order valence-electron chi connectivity index (χ2n) is 7.83. The van der Waals surface area contributed by atoms with E-state index in [9.17, 15) is 28.7 Å². The van der Waals surface area contributed by atoms with E-state index in [0.29, 0.717) is 31.4 Å². The molecule has 1 fully saturated rings. The molecule has 1 aliphatic heterocycles. The lowest BCUT2D eigenvalue weighted by molar-refractivity contribution is -0.145. The molecule has 34 heavy (non-hydrogen) atoms. The molecule has 0 unspecified atom stereocenters. The Kier molecular flexibility index (Phi) is 8.29. The smallest absolute Gasteiger partial charge is 0.356 e. The first-order chi connectivity index (χ1) is 16.3. The number of anilines is 1. The first-order valence-corrected chi connectivity index (χ1v) is 11.0. The van der Waals surface area contributed by atoms with E-state index < -0.39 is 24.3 Å². The molecule has 2 amide bonds. The van der Waals surface area contributed by atoms with Gasteiger partial charge in [-0.2, -0.15) is 0 Å². The first kappa shape index (κ1) is 24.8. The summed E-state index contributed by atoms with van der Waals surface area (Å²) in [7, 11) is 0. The zero-order valence-corrected chi connectivity index (χ0v) is 18.8. The highest BCUT2D eigenvalue weighted by Crippen LogP contribution is 2.24. The third-order valence-corrected chi connectivity index (χ3v) is 5.41. The molecule has 180 valence electrons. The van der Waals surface area contributed by atoms with Gasteiger partial charge in [-0.1, -0.05) is 12.1 Å². The van der Waals surface area contributed by atoms with Gasteiger partial charge in [0.1, 0.15) is 12.2 Å². The van der Waals surface area contributed by atoms with Gasteiger partial charge in [0, 0.05) is 32.3 Å². The van der Waals surface area contributed by atoms with Crippen LogP contribution in [0, 0.1) is 5.82 Å². The first-order valence-electron chi connectivity index (χ1n) is 11.0. The summed E-state index contributed by atoms with van der Waals surface area (Å²) < 4.78 is 18.1. The van der Waals surface area contributed by atoms with E-state index in [1.807, 2.05) is 0 Å². The van der Waals surface area contributed by atoms with E-state index >= 15 is 0 Å². The number of benzene rings is 1. The summed E-state index contributed by atoms with van der Waals surface area (Å²) >= 11 is 0. The normalized spacial score (nSPS) is 13.1. The average molecular weight is 471 g/mol. The molecule has 0 bridgehead atoms. The Labute approximate surface area is 196 Å². The summed E-state index contributed by atoms with van der Waals surface area (Å²) in [5.74, 6) is -3.15. The molecule has 1 aromatic heterocycles. The van der Waals surface area contributed by atoms with Crippen LogP contribution in [-0.2, 0) is 25.5 Å². The number of aromatic carboxylic acids is 1. The van der Waals surface area contributed by atoms with Crippen molar-refractivity contribution in [2.45, 2.75) is 32.6 Å². The lowest BCUT2D eigenvalue weighted by Gasteiger charge is -2.27. The van der Waals surface area contributed by atoms with Crippen LogP contribution < -0.4 is 4.90 Å². The number of hydrogen-bond donors (Lipinski definition) is 1. The number of ether oxygens (including phenoxy) is 1. The van der Waals surface area contributed by atoms with Crippen LogP contribution in [0.2, 0.25) is 0 Å². The summed E-state index contributed by atoms with van der Waals surface area (Å²) in [4.78, 5) is 55.8. The zero-order valence-electron chi connectivity index (χ0n) is 18.8. The molecule has 2 aromatic rings. The average Bonchev–Trinajstić information content (AvgIpc) is 3.20. The van der Waals surface area contributed by atoms with Gasteiger partial charge in [0.05, 0.1) is 12.3 Å². The van der Waals surface area contributed by atoms with Crippen molar-refractivity contribution >= 4 is 29.4 Å². The number of rotatable bonds is 10. The maximum absolute atomic E-state index is 13.2. The monoisotopic (exact) mass is 471 g/mol. The Bertz CT molecular complexity index is 1070. The van der Waals surface area contributed by atoms with Gasteiger partial charge in [-0.25, -0.2) is 14.2 Å². The molecular formula is C24H26FN3O6. The van der Waals surface area contributed by atoms with Crippen LogP contribution in [0.25, 0.3) is 0 Å². The Morgan fingerprint density at radius 1 is 1.21 bits per heavy atom. The molecule has 10 heteroatoms. The molecule has 0 saturated carbocycles. The molecule has 0 spiro atoms. The van der Waals surface area contributed by atoms with E-state index in [4.69, 9.17) is 4.74 Å². The maximum atomic E-state index is 13.2. The van der Waals surface area contributed by atoms with Crippen LogP contribution in [0.3, 0.4) is 0 Å². The van der Waals surface area contributed by atoms with Crippen LogP contribution in [0.15, 0.2) is 36.5 Å². The minimum Gasteiger partial charge on any atom is -0.476 e. The molecule has 0 aliphatic carbocycles. The SMILES string of the molecule is CCOC(=O)CC(=O)N(CCN1CCCC1=O)c1cc(Cc2ccc(F)cc2)cnc1C(=O)O. The van der Waals surface area contributed by atoms with Crippen LogP contribution in [0.5, 0.6) is 0 Å². The van der Waals surface area contributed by atoms with Crippen molar-refractivity contribution in [3.05, 3.63) is 59.2 Å². The molecule has 0 radical (unpaired) electrons. The van der Waals surface area contributed by atoms with E-state index in [0.717, 1.165) is 5.56 Å². The molecule has 1 N–H and O–H groups in total. The van der Waals surface area contributed by atoms with Crippen molar-refractivity contribution in [2.75, 3.05) is 31.1 Å². The number of carboxylic acids is 1. The number of carbonyl (C=O) groups excluding carboxylic acids is 3. The van der Waals surface area contributed by atoms with Crippen molar-refractivity contribution in [3.8, 4) is 0 Å². The van der Waals surface area contributed by atoms with Gasteiger partial charge in [0.15, 0.2) is 5.69 Å². The number of carbonyl (C=O) groups is 4. The number of nitrogens with zero attached hydrogens (tertiary/aromatic N) is 3. The van der Waals surface area contributed by atoms with Gasteiger partial charge in [0.25, 0.3) is 0 Å². The summed E-state index contributed by atoms with van der Waals surface area (Å²) in [6, 6.07) is 7.36. The fourth-order valence-electron chi connectivity index (χ4n) is 3.77. The Morgan fingerprint density at radius 2 is 1.94 bits per heavy atom. The quantitative estimate of drug-likeness (QED) is 0.418. The zero-order chi connectivity index (χ0) is 24.7. The summed E-state index contributed by atoms with van der Waals surface area (Å²) in [5.41, 5.74) is 1.03. The number of esters is 1. The molecule has 1 saturated heterocycles. The molecule has 3 rings (SSSR count). The Morgan fingerprint density at radius 3 is 2.56 bits per heavy atom. The maximum Gasteiger partial charge on any atom is 0.356 e. The summed E-state index contributed by atoms with van der Waals surface area (Å²) in [5, 5.41) is 9.70. The number of aromatic nitrogens is 1. The molecule has 0 atom stereocenters. The van der Waals surface area contributed by atoms with Crippen molar-refractivity contribution < 1.29 is 33.4 Å². The van der Waals surface area contributed by atoms with Crippen molar-refractivity contribution in [2.24, 2.45) is 0 Å². The van der Waals surface area contributed by atoms with Gasteiger partial charge in [0.2, 0.25) is 11.8 Å². The number of likely N-dealkylation sites (tertiary alicyclic amines) is 1. The van der Waals surface area contributed by atoms with Gasteiger partial charge >= 0.3 is 11.9 Å². The van der Waals surface area contributed by atoms with E-state index in [-0.39, 0.29) is 42.8 Å². The highest BCUT2D eigenvalue weighted by atomic mass is 19.1. The predicted molar refractivity (Wildman–Crippen MR) is 120 cm³/mol. The summed E-state index contributed by atoms with van der Waals surface area (Å²) in [6.45, 7) is 2.45. The topological polar surface area (TPSA) is 117 Å². The lowest BCUT2D eigenvalue weighted by Crippen LogP contribution is -2.41. The molecule has 1 aromatic carbocycles. The molecular weight excluding hydrogens is 445 g/mol. The van der Waals surface area contributed by atoms with Gasteiger partial charge in [-0.3, -0.25) is 14.4 Å². The molecule has 1 aliphatic rings. The minimum absolute atomic E-state index is 0.00800. The number of pyridine rings is 1. The van der Waals surface area contributed by atoms with E-state index in [1.54, 1.807) is 24.0 Å². The van der Waals surface area contributed by atoms with Crippen LogP contribution >= 0.6 is 0 Å². The van der Waals surface area contributed by atoms with Gasteiger partial charge in [-0.15, -0.1) is 0 Å². The number of amides is 2. The Balaban J connectivity index is 1.93. The van der Waals surface area contributed by atoms with E-state index in [1.165, 1.54) is 29.3 Å². The lowest BCUT2D eigenvalue weighted by atomic mass is 10.0. The van der Waals surface area contributed by atoms with Gasteiger partial charge < -0.3 is 19.6 Å². The minimum atomic E-state index is -1.34. The fraction of sp³-hybridized carbons (Fsp3) is 0.375.